The fourth-order valence-electron chi connectivity index (χ4n) is 1.51. The van der Waals surface area contributed by atoms with Crippen LogP contribution in [0.4, 0.5) is 0 Å². The topological polar surface area (TPSA) is 55.4 Å². The predicted octanol–water partition coefficient (Wildman–Crippen LogP) is 2.58. The standard InChI is InChI=1S/C13H16BrNO3/c1-3-4-11(16)15-12(13(17)18-2)9-5-7-10(14)8-6-9/h5-8,12H,3-4H2,1-2H3,(H,15,16). The molecule has 1 amide bonds. The zero-order valence-electron chi connectivity index (χ0n) is 10.4. The summed E-state index contributed by atoms with van der Waals surface area (Å²) in [4.78, 5) is 23.3. The van der Waals surface area contributed by atoms with Gasteiger partial charge >= 0.3 is 5.97 Å². The highest BCUT2D eigenvalue weighted by Crippen LogP contribution is 2.18. The smallest absolute Gasteiger partial charge is 0.333 e. The van der Waals surface area contributed by atoms with Gasteiger partial charge < -0.3 is 10.1 Å². The van der Waals surface area contributed by atoms with Crippen LogP contribution in [-0.2, 0) is 14.3 Å². The maximum Gasteiger partial charge on any atom is 0.333 e. The number of carbonyl (C=O) groups is 2. The first-order valence-electron chi connectivity index (χ1n) is 5.71. The van der Waals surface area contributed by atoms with E-state index < -0.39 is 12.0 Å². The molecule has 0 aliphatic carbocycles. The van der Waals surface area contributed by atoms with E-state index in [2.05, 4.69) is 21.2 Å². The van der Waals surface area contributed by atoms with Gasteiger partial charge in [-0.2, -0.15) is 0 Å². The van der Waals surface area contributed by atoms with E-state index in [9.17, 15) is 9.59 Å². The van der Waals surface area contributed by atoms with Crippen molar-refractivity contribution < 1.29 is 14.3 Å². The third kappa shape index (κ3) is 4.14. The number of benzene rings is 1. The summed E-state index contributed by atoms with van der Waals surface area (Å²) in [6, 6.07) is 6.44. The molecule has 0 saturated heterocycles. The highest BCUT2D eigenvalue weighted by molar-refractivity contribution is 9.10. The van der Waals surface area contributed by atoms with Crippen molar-refractivity contribution in [3.63, 3.8) is 0 Å². The molecule has 5 heteroatoms. The van der Waals surface area contributed by atoms with Crippen LogP contribution in [-0.4, -0.2) is 19.0 Å². The minimum Gasteiger partial charge on any atom is -0.467 e. The van der Waals surface area contributed by atoms with Gasteiger partial charge in [-0.05, 0) is 24.1 Å². The number of esters is 1. The highest BCUT2D eigenvalue weighted by Gasteiger charge is 2.22. The second-order valence-electron chi connectivity index (χ2n) is 3.83. The monoisotopic (exact) mass is 313 g/mol. The van der Waals surface area contributed by atoms with E-state index in [-0.39, 0.29) is 5.91 Å². The van der Waals surface area contributed by atoms with Gasteiger partial charge in [0.05, 0.1) is 7.11 Å². The largest absolute Gasteiger partial charge is 0.467 e. The Labute approximate surface area is 115 Å². The Morgan fingerprint density at radius 3 is 2.44 bits per heavy atom. The summed E-state index contributed by atoms with van der Waals surface area (Å²) < 4.78 is 5.62. The van der Waals surface area contributed by atoms with Crippen LogP contribution >= 0.6 is 15.9 Å². The average Bonchev–Trinajstić information content (AvgIpc) is 2.36. The number of ether oxygens (including phenoxy) is 1. The molecule has 1 atom stereocenters. The zero-order chi connectivity index (χ0) is 13.5. The maximum atomic E-state index is 11.7. The molecule has 1 aromatic carbocycles. The van der Waals surface area contributed by atoms with Crippen LogP contribution in [0.5, 0.6) is 0 Å². The molecule has 0 aromatic heterocycles. The van der Waals surface area contributed by atoms with Gasteiger partial charge in [0.1, 0.15) is 0 Å². The van der Waals surface area contributed by atoms with Crippen LogP contribution in [0.3, 0.4) is 0 Å². The van der Waals surface area contributed by atoms with Crippen LogP contribution in [0.1, 0.15) is 31.4 Å². The Morgan fingerprint density at radius 1 is 1.33 bits per heavy atom. The van der Waals surface area contributed by atoms with Crippen LogP contribution in [0, 0.1) is 0 Å². The Bertz CT molecular complexity index is 417. The molecule has 18 heavy (non-hydrogen) atoms. The van der Waals surface area contributed by atoms with Gasteiger partial charge in [-0.1, -0.05) is 35.0 Å². The number of amides is 1. The predicted molar refractivity (Wildman–Crippen MR) is 71.9 cm³/mol. The molecule has 1 rings (SSSR count). The van der Waals surface area contributed by atoms with Gasteiger partial charge in [-0.15, -0.1) is 0 Å². The van der Waals surface area contributed by atoms with E-state index >= 15 is 0 Å². The van der Waals surface area contributed by atoms with Gasteiger partial charge in [-0.3, -0.25) is 4.79 Å². The normalized spacial score (nSPS) is 11.7. The second kappa shape index (κ2) is 7.16. The van der Waals surface area contributed by atoms with Crippen LogP contribution in [0.15, 0.2) is 28.7 Å². The number of hydrogen-bond donors (Lipinski definition) is 1. The number of rotatable bonds is 5. The number of nitrogens with one attached hydrogen (secondary N) is 1. The molecular weight excluding hydrogens is 298 g/mol. The number of methoxy groups -OCH3 is 1. The molecule has 1 N–H and O–H groups in total. The zero-order valence-corrected chi connectivity index (χ0v) is 12.0. The van der Waals surface area contributed by atoms with E-state index in [0.29, 0.717) is 12.0 Å². The minimum absolute atomic E-state index is 0.157. The molecule has 98 valence electrons. The molecule has 1 unspecified atom stereocenters. The maximum absolute atomic E-state index is 11.7. The lowest BCUT2D eigenvalue weighted by molar-refractivity contribution is -0.145. The first-order chi connectivity index (χ1) is 8.58. The number of halogens is 1. The minimum atomic E-state index is -0.748. The Balaban J connectivity index is 2.88. The van der Waals surface area contributed by atoms with E-state index in [4.69, 9.17) is 4.74 Å². The van der Waals surface area contributed by atoms with Crippen molar-refractivity contribution in [1.82, 2.24) is 5.32 Å². The molecule has 0 heterocycles. The summed E-state index contributed by atoms with van der Waals surface area (Å²) in [7, 11) is 1.31. The van der Waals surface area contributed by atoms with Crippen molar-refractivity contribution in [2.75, 3.05) is 7.11 Å². The first kappa shape index (κ1) is 14.7. The van der Waals surface area contributed by atoms with Gasteiger partial charge in [0.15, 0.2) is 6.04 Å². The lowest BCUT2D eigenvalue weighted by Gasteiger charge is -2.16. The highest BCUT2D eigenvalue weighted by atomic mass is 79.9. The molecular formula is C13H16BrNO3. The van der Waals surface area contributed by atoms with Crippen molar-refractivity contribution in [3.8, 4) is 0 Å². The number of carbonyl (C=O) groups excluding carboxylic acids is 2. The Hall–Kier alpha value is -1.36. The second-order valence-corrected chi connectivity index (χ2v) is 4.74. The molecule has 0 radical (unpaired) electrons. The molecule has 0 fully saturated rings. The average molecular weight is 314 g/mol. The van der Waals surface area contributed by atoms with Gasteiger partial charge in [0.25, 0.3) is 0 Å². The van der Waals surface area contributed by atoms with Crippen molar-refractivity contribution in [1.29, 1.82) is 0 Å². The molecule has 1 aromatic rings. The van der Waals surface area contributed by atoms with Crippen LogP contribution in [0.25, 0.3) is 0 Å². The van der Waals surface area contributed by atoms with E-state index in [0.717, 1.165) is 10.9 Å². The summed E-state index contributed by atoms with van der Waals surface area (Å²) in [6.45, 7) is 1.91. The van der Waals surface area contributed by atoms with Gasteiger partial charge in [0.2, 0.25) is 5.91 Å². The Kier molecular flexibility index (Phi) is 5.85. The third-order valence-electron chi connectivity index (χ3n) is 2.42. The summed E-state index contributed by atoms with van der Waals surface area (Å²) in [6.07, 6.45) is 1.13. The molecule has 0 aliphatic rings. The van der Waals surface area contributed by atoms with E-state index in [1.165, 1.54) is 7.11 Å². The molecule has 0 bridgehead atoms. The quantitative estimate of drug-likeness (QED) is 0.850. The summed E-state index contributed by atoms with van der Waals surface area (Å²) in [5, 5.41) is 2.68. The molecule has 4 nitrogen and oxygen atoms in total. The molecule has 0 saturated carbocycles. The fourth-order valence-corrected chi connectivity index (χ4v) is 1.78. The summed E-state index contributed by atoms with van der Waals surface area (Å²) in [5.74, 6) is -0.627. The summed E-state index contributed by atoms with van der Waals surface area (Å²) in [5.41, 5.74) is 0.703. The molecule has 0 aliphatic heterocycles. The van der Waals surface area contributed by atoms with Crippen molar-refractivity contribution in [3.05, 3.63) is 34.3 Å². The van der Waals surface area contributed by atoms with Gasteiger partial charge in [0, 0.05) is 10.9 Å². The third-order valence-corrected chi connectivity index (χ3v) is 2.95. The lowest BCUT2D eigenvalue weighted by atomic mass is 10.1. The first-order valence-corrected chi connectivity index (χ1v) is 6.50. The Morgan fingerprint density at radius 2 is 1.94 bits per heavy atom. The van der Waals surface area contributed by atoms with Crippen LogP contribution in [0.2, 0.25) is 0 Å². The van der Waals surface area contributed by atoms with E-state index in [1.54, 1.807) is 12.1 Å². The van der Waals surface area contributed by atoms with Crippen molar-refractivity contribution >= 4 is 27.8 Å². The molecule has 0 spiro atoms. The van der Waals surface area contributed by atoms with Crippen LogP contribution < -0.4 is 5.32 Å². The van der Waals surface area contributed by atoms with E-state index in [1.807, 2.05) is 19.1 Å². The number of hydrogen-bond acceptors (Lipinski definition) is 3. The SMILES string of the molecule is CCCC(=O)NC(C(=O)OC)c1ccc(Br)cc1. The van der Waals surface area contributed by atoms with Gasteiger partial charge in [-0.25, -0.2) is 4.79 Å². The summed E-state index contributed by atoms with van der Waals surface area (Å²) >= 11 is 3.32. The van der Waals surface area contributed by atoms with Crippen molar-refractivity contribution in [2.45, 2.75) is 25.8 Å². The fraction of sp³-hybridized carbons (Fsp3) is 0.385. The lowest BCUT2D eigenvalue weighted by Crippen LogP contribution is -2.34. The van der Waals surface area contributed by atoms with Crippen molar-refractivity contribution in [2.24, 2.45) is 0 Å².